The first-order valence-electron chi connectivity index (χ1n) is 9.65. The molecule has 140 valence electrons. The van der Waals surface area contributed by atoms with Crippen LogP contribution in [0.1, 0.15) is 19.4 Å². The van der Waals surface area contributed by atoms with Crippen LogP contribution in [0, 0.1) is 6.92 Å². The van der Waals surface area contributed by atoms with E-state index in [0.29, 0.717) is 0 Å². The van der Waals surface area contributed by atoms with Crippen molar-refractivity contribution in [3.8, 4) is 5.69 Å². The molecule has 0 aliphatic carbocycles. The highest BCUT2D eigenvalue weighted by Gasteiger charge is 2.35. The molecule has 0 unspecified atom stereocenters. The Kier molecular flexibility index (Phi) is 3.53. The maximum atomic E-state index is 4.76. The summed E-state index contributed by atoms with van der Waals surface area (Å²) in [5, 5.41) is 2.41. The second-order valence-corrected chi connectivity index (χ2v) is 7.95. The number of pyridine rings is 1. The van der Waals surface area contributed by atoms with Gasteiger partial charge in [0.05, 0.1) is 11.2 Å². The predicted octanol–water partition coefficient (Wildman–Crippen LogP) is 5.45. The Labute approximate surface area is 165 Å². The van der Waals surface area contributed by atoms with Gasteiger partial charge in [0, 0.05) is 42.1 Å². The summed E-state index contributed by atoms with van der Waals surface area (Å²) < 4.78 is 2.30. The third kappa shape index (κ3) is 2.21. The number of rotatable bonds is 2. The minimum absolute atomic E-state index is 0.148. The van der Waals surface area contributed by atoms with Gasteiger partial charge in [0.25, 0.3) is 0 Å². The minimum Gasteiger partial charge on any atom is -0.357 e. The van der Waals surface area contributed by atoms with Crippen LogP contribution < -0.4 is 4.90 Å². The van der Waals surface area contributed by atoms with E-state index in [1.54, 1.807) is 0 Å². The lowest BCUT2D eigenvalue weighted by Crippen LogP contribution is -2.47. The molecule has 0 saturated heterocycles. The largest absolute Gasteiger partial charge is 0.357 e. The highest BCUT2D eigenvalue weighted by molar-refractivity contribution is 6.13. The third-order valence-electron chi connectivity index (χ3n) is 6.01. The fourth-order valence-electron chi connectivity index (χ4n) is 4.20. The van der Waals surface area contributed by atoms with E-state index in [9.17, 15) is 0 Å². The summed E-state index contributed by atoms with van der Waals surface area (Å²) in [7, 11) is 2.13. The predicted molar refractivity (Wildman–Crippen MR) is 117 cm³/mol. The molecule has 0 amide bonds. The minimum atomic E-state index is -0.148. The van der Waals surface area contributed by atoms with Crippen molar-refractivity contribution < 1.29 is 0 Å². The number of hydrogen-bond donors (Lipinski definition) is 0. The van der Waals surface area contributed by atoms with E-state index >= 15 is 0 Å². The van der Waals surface area contributed by atoms with Crippen LogP contribution in [0.15, 0.2) is 73.2 Å². The van der Waals surface area contributed by atoms with Crippen LogP contribution in [0.2, 0.25) is 0 Å². The van der Waals surface area contributed by atoms with Crippen molar-refractivity contribution in [2.24, 2.45) is 0 Å². The Balaban J connectivity index is 1.95. The number of benzene rings is 2. The number of aryl methyl sites for hydroxylation is 1. The van der Waals surface area contributed by atoms with Gasteiger partial charge in [0.1, 0.15) is 11.3 Å². The average Bonchev–Trinajstić information content (AvgIpc) is 3.17. The van der Waals surface area contributed by atoms with Crippen molar-refractivity contribution in [1.82, 2.24) is 14.5 Å². The fourth-order valence-corrected chi connectivity index (χ4v) is 4.20. The summed E-state index contributed by atoms with van der Waals surface area (Å²) >= 11 is 0. The molecule has 0 radical (unpaired) electrons. The fraction of sp³-hybridized carbons (Fsp3) is 0.208. The van der Waals surface area contributed by atoms with E-state index < -0.39 is 0 Å². The zero-order chi connectivity index (χ0) is 19.5. The molecule has 0 saturated carbocycles. The maximum Gasteiger partial charge on any atom is 0.145 e. The summed E-state index contributed by atoms with van der Waals surface area (Å²) in [4.78, 5) is 9.39. The molecule has 28 heavy (non-hydrogen) atoms. The van der Waals surface area contributed by atoms with E-state index in [1.165, 1.54) is 27.5 Å². The molecule has 1 aliphatic heterocycles. The number of hydrogen-bond acceptors (Lipinski definition) is 3. The molecule has 1 aliphatic rings. The molecule has 0 spiro atoms. The van der Waals surface area contributed by atoms with Crippen molar-refractivity contribution in [3.05, 3.63) is 78.8 Å². The lowest BCUT2D eigenvalue weighted by Gasteiger charge is -2.39. The van der Waals surface area contributed by atoms with Gasteiger partial charge >= 0.3 is 0 Å². The van der Waals surface area contributed by atoms with E-state index in [0.717, 1.165) is 11.3 Å². The van der Waals surface area contributed by atoms with Crippen LogP contribution in [-0.4, -0.2) is 27.2 Å². The summed E-state index contributed by atoms with van der Waals surface area (Å²) in [6.07, 6.45) is 6.20. The lowest BCUT2D eigenvalue weighted by molar-refractivity contribution is 0.253. The molecule has 5 rings (SSSR count). The Morgan fingerprint density at radius 2 is 1.64 bits per heavy atom. The number of fused-ring (bicyclic) bond motifs is 3. The van der Waals surface area contributed by atoms with Gasteiger partial charge in [0.15, 0.2) is 0 Å². The molecule has 2 aromatic heterocycles. The van der Waals surface area contributed by atoms with Crippen molar-refractivity contribution in [2.75, 3.05) is 11.9 Å². The molecule has 0 bridgehead atoms. The number of anilines is 1. The standard InChI is InChI=1S/C24H24N4/c1-17-12-13-19-20-11-8-14-25-23(20)28(18-9-6-5-7-10-18)22(19)21(17)27-16-15-26(4)24(27,2)3/h5-16H,1-4H3. The van der Waals surface area contributed by atoms with Crippen LogP contribution in [0.3, 0.4) is 0 Å². The first kappa shape index (κ1) is 16.9. The Hall–Kier alpha value is -3.27. The molecule has 4 heteroatoms. The van der Waals surface area contributed by atoms with Gasteiger partial charge in [-0.25, -0.2) is 4.98 Å². The molecule has 0 fully saturated rings. The smallest absolute Gasteiger partial charge is 0.145 e. The zero-order valence-electron chi connectivity index (χ0n) is 16.7. The highest BCUT2D eigenvalue weighted by Crippen LogP contribution is 2.42. The van der Waals surface area contributed by atoms with Crippen LogP contribution in [0.25, 0.3) is 27.6 Å². The number of para-hydroxylation sites is 1. The van der Waals surface area contributed by atoms with Gasteiger partial charge in [-0.3, -0.25) is 4.57 Å². The van der Waals surface area contributed by atoms with E-state index in [-0.39, 0.29) is 5.66 Å². The van der Waals surface area contributed by atoms with E-state index in [1.807, 2.05) is 12.3 Å². The number of aromatic nitrogens is 2. The van der Waals surface area contributed by atoms with Gasteiger partial charge < -0.3 is 9.80 Å². The molecule has 4 nitrogen and oxygen atoms in total. The van der Waals surface area contributed by atoms with Crippen LogP contribution in [0.5, 0.6) is 0 Å². The van der Waals surface area contributed by atoms with Gasteiger partial charge in [-0.05, 0) is 50.6 Å². The molecule has 2 aromatic carbocycles. The Morgan fingerprint density at radius 3 is 2.36 bits per heavy atom. The van der Waals surface area contributed by atoms with E-state index in [4.69, 9.17) is 4.98 Å². The van der Waals surface area contributed by atoms with Crippen molar-refractivity contribution in [2.45, 2.75) is 26.4 Å². The van der Waals surface area contributed by atoms with Crippen LogP contribution in [-0.2, 0) is 0 Å². The summed E-state index contributed by atoms with van der Waals surface area (Å²) in [5.74, 6) is 0. The third-order valence-corrected chi connectivity index (χ3v) is 6.01. The summed E-state index contributed by atoms with van der Waals surface area (Å²) in [6.45, 7) is 6.69. The molecule has 0 atom stereocenters. The first-order valence-corrected chi connectivity index (χ1v) is 9.65. The molecule has 0 N–H and O–H groups in total. The lowest BCUT2D eigenvalue weighted by atomic mass is 10.1. The maximum absolute atomic E-state index is 4.76. The van der Waals surface area contributed by atoms with Gasteiger partial charge in [-0.1, -0.05) is 30.3 Å². The van der Waals surface area contributed by atoms with Gasteiger partial charge in [-0.2, -0.15) is 0 Å². The Bertz CT molecular complexity index is 1220. The van der Waals surface area contributed by atoms with Gasteiger partial charge in [-0.15, -0.1) is 0 Å². The SMILES string of the molecule is Cc1ccc2c3cccnc3n(-c3ccccc3)c2c1N1C=CN(C)C1(C)C. The normalized spacial score (nSPS) is 15.9. The van der Waals surface area contributed by atoms with Crippen LogP contribution in [0.4, 0.5) is 5.69 Å². The monoisotopic (exact) mass is 368 g/mol. The molecular weight excluding hydrogens is 344 g/mol. The molecule has 3 heterocycles. The summed E-state index contributed by atoms with van der Waals surface area (Å²) in [5.41, 5.74) is 5.65. The first-order chi connectivity index (χ1) is 13.5. The second kappa shape index (κ2) is 5.86. The van der Waals surface area contributed by atoms with Gasteiger partial charge in [0.2, 0.25) is 0 Å². The van der Waals surface area contributed by atoms with Crippen molar-refractivity contribution in [3.63, 3.8) is 0 Å². The quantitative estimate of drug-likeness (QED) is 0.470. The summed E-state index contributed by atoms with van der Waals surface area (Å²) in [6, 6.07) is 19.2. The second-order valence-electron chi connectivity index (χ2n) is 7.95. The number of nitrogens with zero attached hydrogens (tertiary/aromatic N) is 4. The molecule has 4 aromatic rings. The Morgan fingerprint density at radius 1 is 0.857 bits per heavy atom. The molecular formula is C24H24N4. The topological polar surface area (TPSA) is 24.3 Å². The van der Waals surface area contributed by atoms with Crippen molar-refractivity contribution in [1.29, 1.82) is 0 Å². The van der Waals surface area contributed by atoms with Crippen LogP contribution >= 0.6 is 0 Å². The zero-order valence-corrected chi connectivity index (χ0v) is 16.7. The van der Waals surface area contributed by atoms with E-state index in [2.05, 4.69) is 103 Å². The average molecular weight is 368 g/mol. The van der Waals surface area contributed by atoms with Crippen molar-refractivity contribution >= 4 is 27.6 Å². The highest BCUT2D eigenvalue weighted by atomic mass is 15.4.